The van der Waals surface area contributed by atoms with E-state index in [4.69, 9.17) is 9.98 Å². The second kappa shape index (κ2) is 10.5. The first kappa shape index (κ1) is 25.9. The molecule has 0 spiro atoms. The van der Waals surface area contributed by atoms with Crippen LogP contribution in [0.25, 0.3) is 52.8 Å². The van der Waals surface area contributed by atoms with Crippen molar-refractivity contribution in [2.24, 2.45) is 9.98 Å². The van der Waals surface area contributed by atoms with Crippen molar-refractivity contribution in [1.29, 1.82) is 0 Å². The Labute approximate surface area is 264 Å². The highest BCUT2D eigenvalue weighted by atomic mass is 32.1. The predicted molar refractivity (Wildman–Crippen MR) is 192 cm³/mol. The van der Waals surface area contributed by atoms with Crippen LogP contribution in [-0.4, -0.2) is 11.7 Å². The van der Waals surface area contributed by atoms with Crippen molar-refractivity contribution in [3.8, 4) is 11.1 Å². The molecule has 1 atom stereocenters. The Bertz CT molecular complexity index is 2450. The topological polar surface area (TPSA) is 36.8 Å². The van der Waals surface area contributed by atoms with Gasteiger partial charge in [-0.15, -0.1) is 11.3 Å². The van der Waals surface area contributed by atoms with Gasteiger partial charge in [-0.1, -0.05) is 140 Å². The molecular weight excluding hydrogens is 567 g/mol. The Morgan fingerprint density at radius 1 is 0.533 bits per heavy atom. The zero-order valence-corrected chi connectivity index (χ0v) is 25.1. The first-order valence-electron chi connectivity index (χ1n) is 15.2. The van der Waals surface area contributed by atoms with E-state index in [2.05, 4.69) is 151 Å². The van der Waals surface area contributed by atoms with Crippen LogP contribution in [-0.2, 0) is 0 Å². The molecule has 7 aromatic carbocycles. The van der Waals surface area contributed by atoms with Gasteiger partial charge in [0.2, 0.25) is 0 Å². The summed E-state index contributed by atoms with van der Waals surface area (Å²) in [6.07, 6.45) is -0.255. The molecule has 1 aliphatic heterocycles. The minimum atomic E-state index is -0.255. The van der Waals surface area contributed by atoms with Gasteiger partial charge >= 0.3 is 0 Å². The molecule has 8 aromatic rings. The Balaban J connectivity index is 1.17. The van der Waals surface area contributed by atoms with Crippen molar-refractivity contribution in [3.05, 3.63) is 168 Å². The van der Waals surface area contributed by atoms with Crippen LogP contribution in [0.3, 0.4) is 0 Å². The van der Waals surface area contributed by atoms with Gasteiger partial charge in [0.1, 0.15) is 12.0 Å². The maximum atomic E-state index is 5.21. The van der Waals surface area contributed by atoms with Crippen molar-refractivity contribution in [2.75, 3.05) is 0 Å². The Morgan fingerprint density at radius 2 is 1.24 bits per heavy atom. The summed E-state index contributed by atoms with van der Waals surface area (Å²) in [7, 11) is 0. The molecule has 0 radical (unpaired) electrons. The second-order valence-corrected chi connectivity index (χ2v) is 12.5. The molecule has 0 amide bonds. The molecule has 9 rings (SSSR count). The molecule has 3 nitrogen and oxygen atoms in total. The highest BCUT2D eigenvalue weighted by Crippen LogP contribution is 2.40. The molecule has 0 aliphatic carbocycles. The highest BCUT2D eigenvalue weighted by molar-refractivity contribution is 7.26. The largest absolute Gasteiger partial charge is 0.344 e. The van der Waals surface area contributed by atoms with E-state index in [1.54, 1.807) is 0 Å². The molecule has 0 fully saturated rings. The van der Waals surface area contributed by atoms with E-state index in [1.807, 2.05) is 17.4 Å². The number of amidine groups is 2. The fraction of sp³-hybridized carbons (Fsp3) is 0.0244. The van der Waals surface area contributed by atoms with Gasteiger partial charge in [0, 0.05) is 31.3 Å². The van der Waals surface area contributed by atoms with E-state index in [9.17, 15) is 0 Å². The molecule has 0 saturated carbocycles. The highest BCUT2D eigenvalue weighted by Gasteiger charge is 2.23. The minimum absolute atomic E-state index is 0.255. The van der Waals surface area contributed by atoms with Crippen LogP contribution in [0.5, 0.6) is 0 Å². The second-order valence-electron chi connectivity index (χ2n) is 11.5. The minimum Gasteiger partial charge on any atom is -0.344 e. The average molecular weight is 594 g/mol. The van der Waals surface area contributed by atoms with E-state index in [-0.39, 0.29) is 6.17 Å². The number of rotatable bonds is 4. The zero-order chi connectivity index (χ0) is 29.7. The lowest BCUT2D eigenvalue weighted by Crippen LogP contribution is -2.33. The fourth-order valence-electron chi connectivity index (χ4n) is 6.45. The van der Waals surface area contributed by atoms with Gasteiger partial charge in [0.15, 0.2) is 5.84 Å². The molecule has 4 heteroatoms. The fourth-order valence-corrected chi connectivity index (χ4v) is 7.72. The van der Waals surface area contributed by atoms with Gasteiger partial charge in [-0.2, -0.15) is 0 Å². The van der Waals surface area contributed by atoms with E-state index >= 15 is 0 Å². The smallest absolute Gasteiger partial charge is 0.160 e. The number of nitrogens with one attached hydrogen (secondary N) is 1. The van der Waals surface area contributed by atoms with Gasteiger partial charge in [-0.05, 0) is 50.4 Å². The van der Waals surface area contributed by atoms with Crippen molar-refractivity contribution in [3.63, 3.8) is 0 Å². The Kier molecular flexibility index (Phi) is 6.06. The Morgan fingerprint density at radius 3 is 2.11 bits per heavy atom. The Hall–Kier alpha value is -5.58. The first-order valence-corrected chi connectivity index (χ1v) is 16.0. The maximum Gasteiger partial charge on any atom is 0.160 e. The number of nitrogens with zero attached hydrogens (tertiary/aromatic N) is 2. The van der Waals surface area contributed by atoms with Crippen LogP contribution in [0.4, 0.5) is 0 Å². The van der Waals surface area contributed by atoms with Gasteiger partial charge in [-0.3, -0.25) is 0 Å². The third-order valence-electron chi connectivity index (χ3n) is 8.73. The third-order valence-corrected chi connectivity index (χ3v) is 9.93. The number of hydrogen-bond donors (Lipinski definition) is 1. The van der Waals surface area contributed by atoms with Gasteiger partial charge < -0.3 is 5.32 Å². The SMILES string of the molecule is c1ccc(C2N=C(c3cccc4sc5c6ccccc6ccc5c34)N=C(c3ccc(-c4ccc5ccccc5c4)cc3)N2)cc1. The predicted octanol–water partition coefficient (Wildman–Crippen LogP) is 10.5. The van der Waals surface area contributed by atoms with E-state index in [0.717, 1.165) is 28.4 Å². The molecule has 212 valence electrons. The number of aliphatic imine (C=N–C) groups is 2. The lowest BCUT2D eigenvalue weighted by Gasteiger charge is -2.24. The molecule has 45 heavy (non-hydrogen) atoms. The average Bonchev–Trinajstić information content (AvgIpc) is 3.51. The van der Waals surface area contributed by atoms with Crippen LogP contribution in [0.2, 0.25) is 0 Å². The molecule has 0 saturated heterocycles. The number of fused-ring (bicyclic) bond motifs is 6. The molecule has 1 aliphatic rings. The standard InChI is InChI=1S/C41H27N3S/c1-2-11-29(12-3-1)39-42-40(30-20-17-27(18-21-30)32-22-19-26-9-4-5-13-31(26)25-32)44-41(43-39)35-15-8-16-36-37(35)34-24-23-28-10-6-7-14-33(28)38(34)45-36/h1-25,39H,(H,42,43,44). The van der Waals surface area contributed by atoms with Crippen molar-refractivity contribution < 1.29 is 0 Å². The first-order chi connectivity index (χ1) is 22.3. The van der Waals surface area contributed by atoms with E-state index < -0.39 is 0 Å². The maximum absolute atomic E-state index is 5.21. The van der Waals surface area contributed by atoms with Crippen molar-refractivity contribution in [2.45, 2.75) is 6.17 Å². The van der Waals surface area contributed by atoms with Crippen LogP contribution < -0.4 is 5.32 Å². The molecule has 0 bridgehead atoms. The molecular formula is C41H27N3S. The zero-order valence-electron chi connectivity index (χ0n) is 24.3. The van der Waals surface area contributed by atoms with E-state index in [1.165, 1.54) is 52.8 Å². The summed E-state index contributed by atoms with van der Waals surface area (Å²) in [4.78, 5) is 10.4. The van der Waals surface area contributed by atoms with Gasteiger partial charge in [0.25, 0.3) is 0 Å². The number of hydrogen-bond acceptors (Lipinski definition) is 4. The summed E-state index contributed by atoms with van der Waals surface area (Å²) in [6, 6.07) is 53.9. The summed E-state index contributed by atoms with van der Waals surface area (Å²) in [5.41, 5.74) is 5.56. The van der Waals surface area contributed by atoms with Crippen molar-refractivity contribution >= 4 is 64.7 Å². The third kappa shape index (κ3) is 4.50. The molecule has 1 unspecified atom stereocenters. The van der Waals surface area contributed by atoms with Crippen LogP contribution in [0, 0.1) is 0 Å². The van der Waals surface area contributed by atoms with Crippen LogP contribution in [0.15, 0.2) is 162 Å². The number of thiophene rings is 1. The molecule has 1 aromatic heterocycles. The summed E-state index contributed by atoms with van der Waals surface area (Å²) in [5.74, 6) is 1.57. The molecule has 2 heterocycles. The van der Waals surface area contributed by atoms with Gasteiger partial charge in [0.05, 0.1) is 0 Å². The number of benzene rings is 7. The monoisotopic (exact) mass is 593 g/mol. The van der Waals surface area contributed by atoms with Gasteiger partial charge in [-0.25, -0.2) is 9.98 Å². The lowest BCUT2D eigenvalue weighted by atomic mass is 9.99. The summed E-state index contributed by atoms with van der Waals surface area (Å²) in [6.45, 7) is 0. The summed E-state index contributed by atoms with van der Waals surface area (Å²) >= 11 is 1.84. The quantitative estimate of drug-likeness (QED) is 0.217. The lowest BCUT2D eigenvalue weighted by molar-refractivity contribution is 0.674. The normalized spacial score (nSPS) is 14.9. The van der Waals surface area contributed by atoms with E-state index in [0.29, 0.717) is 0 Å². The van der Waals surface area contributed by atoms with Crippen LogP contribution in [0.1, 0.15) is 22.9 Å². The summed E-state index contributed by atoms with van der Waals surface area (Å²) in [5, 5.41) is 11.1. The summed E-state index contributed by atoms with van der Waals surface area (Å²) < 4.78 is 2.55. The molecule has 1 N–H and O–H groups in total. The van der Waals surface area contributed by atoms with Crippen molar-refractivity contribution in [1.82, 2.24) is 5.32 Å². The van der Waals surface area contributed by atoms with Crippen LogP contribution >= 0.6 is 11.3 Å².